The van der Waals surface area contributed by atoms with E-state index in [9.17, 15) is 0 Å². The maximum Gasteiger partial charge on any atom is 0.276 e. The van der Waals surface area contributed by atoms with Crippen LogP contribution in [0.1, 0.15) is 6.42 Å². The van der Waals surface area contributed by atoms with E-state index in [2.05, 4.69) is 10.2 Å². The molecular formula is C12H15N3O2S. The summed E-state index contributed by atoms with van der Waals surface area (Å²) in [6.07, 6.45) is 0.928. The van der Waals surface area contributed by atoms with Crippen molar-refractivity contribution in [1.29, 1.82) is 0 Å². The third-order valence-corrected chi connectivity index (χ3v) is 3.22. The minimum Gasteiger partial charge on any atom is -0.496 e. The fourth-order valence-electron chi connectivity index (χ4n) is 1.44. The Labute approximate surface area is 110 Å². The largest absolute Gasteiger partial charge is 0.496 e. The molecule has 0 amide bonds. The molecule has 0 aliphatic rings. The predicted octanol–water partition coefficient (Wildman–Crippen LogP) is 2.19. The molecule has 0 saturated heterocycles. The number of benzene rings is 1. The van der Waals surface area contributed by atoms with Gasteiger partial charge >= 0.3 is 0 Å². The molecule has 0 spiro atoms. The normalized spacial score (nSPS) is 10.6. The number of para-hydroxylation sites is 1. The summed E-state index contributed by atoms with van der Waals surface area (Å²) in [5.74, 6) is 2.08. The van der Waals surface area contributed by atoms with Gasteiger partial charge in [0.25, 0.3) is 11.1 Å². The molecule has 2 N–H and O–H groups in total. The summed E-state index contributed by atoms with van der Waals surface area (Å²) in [5.41, 5.74) is 6.23. The molecule has 0 fully saturated rings. The van der Waals surface area contributed by atoms with E-state index < -0.39 is 0 Å². The Morgan fingerprint density at radius 3 is 2.94 bits per heavy atom. The number of hydrogen-bond acceptors (Lipinski definition) is 6. The van der Waals surface area contributed by atoms with Crippen LogP contribution in [0.2, 0.25) is 0 Å². The molecule has 18 heavy (non-hydrogen) atoms. The Bertz CT molecular complexity index is 502. The summed E-state index contributed by atoms with van der Waals surface area (Å²) in [6, 6.07) is 7.56. The summed E-state index contributed by atoms with van der Waals surface area (Å²) in [6.45, 7) is 0.667. The second kappa shape index (κ2) is 6.42. The molecule has 5 nitrogen and oxygen atoms in total. The van der Waals surface area contributed by atoms with Crippen LogP contribution in [0.5, 0.6) is 5.75 Å². The van der Waals surface area contributed by atoms with E-state index in [0.717, 1.165) is 23.5 Å². The highest BCUT2D eigenvalue weighted by atomic mass is 32.2. The van der Waals surface area contributed by atoms with Crippen LogP contribution in [0.4, 0.5) is 0 Å². The highest BCUT2D eigenvalue weighted by Gasteiger charge is 2.12. The molecule has 0 saturated carbocycles. The lowest BCUT2D eigenvalue weighted by atomic mass is 10.2. The van der Waals surface area contributed by atoms with Crippen LogP contribution in [0.3, 0.4) is 0 Å². The number of nitrogens with two attached hydrogens (primary N) is 1. The first kappa shape index (κ1) is 12.9. The lowest BCUT2D eigenvalue weighted by Crippen LogP contribution is -1.99. The lowest BCUT2D eigenvalue weighted by molar-refractivity contribution is 0.411. The number of ether oxygens (including phenoxy) is 1. The van der Waals surface area contributed by atoms with Gasteiger partial charge in [-0.15, -0.1) is 10.2 Å². The average molecular weight is 265 g/mol. The summed E-state index contributed by atoms with van der Waals surface area (Å²) >= 11 is 1.51. The third kappa shape index (κ3) is 3.02. The van der Waals surface area contributed by atoms with Crippen LogP contribution in [0.25, 0.3) is 11.5 Å². The van der Waals surface area contributed by atoms with E-state index in [4.69, 9.17) is 14.9 Å². The topological polar surface area (TPSA) is 74.2 Å². The molecule has 0 radical (unpaired) electrons. The maximum absolute atomic E-state index is 5.58. The second-order valence-electron chi connectivity index (χ2n) is 3.56. The van der Waals surface area contributed by atoms with Crippen molar-refractivity contribution in [3.05, 3.63) is 24.3 Å². The number of aromatic nitrogens is 2. The van der Waals surface area contributed by atoms with E-state index in [-0.39, 0.29) is 0 Å². The first-order chi connectivity index (χ1) is 8.85. The molecule has 0 aliphatic carbocycles. The maximum atomic E-state index is 5.58. The van der Waals surface area contributed by atoms with Gasteiger partial charge in [-0.2, -0.15) is 0 Å². The standard InChI is InChI=1S/C12H15N3O2S/c1-16-10-6-3-2-5-9(10)11-14-15-12(17-11)18-8-4-7-13/h2-3,5-6H,4,7-8,13H2,1H3. The van der Waals surface area contributed by atoms with Gasteiger partial charge in [0.2, 0.25) is 0 Å². The molecule has 2 aromatic rings. The Morgan fingerprint density at radius 1 is 1.33 bits per heavy atom. The third-order valence-electron chi connectivity index (χ3n) is 2.32. The molecule has 1 heterocycles. The Morgan fingerprint density at radius 2 is 2.17 bits per heavy atom. The van der Waals surface area contributed by atoms with E-state index in [1.165, 1.54) is 11.8 Å². The zero-order valence-corrected chi connectivity index (χ0v) is 10.9. The van der Waals surface area contributed by atoms with Crippen LogP contribution in [0, 0.1) is 0 Å². The summed E-state index contributed by atoms with van der Waals surface area (Å²) < 4.78 is 10.8. The van der Waals surface area contributed by atoms with Crippen molar-refractivity contribution in [3.63, 3.8) is 0 Å². The monoisotopic (exact) mass is 265 g/mol. The fraction of sp³-hybridized carbons (Fsp3) is 0.333. The predicted molar refractivity (Wildman–Crippen MR) is 70.7 cm³/mol. The summed E-state index contributed by atoms with van der Waals surface area (Å²) in [5, 5.41) is 8.57. The van der Waals surface area contributed by atoms with E-state index in [1.807, 2.05) is 24.3 Å². The van der Waals surface area contributed by atoms with Gasteiger partial charge in [-0.25, -0.2) is 0 Å². The molecule has 0 atom stereocenters. The Hall–Kier alpha value is -1.53. The van der Waals surface area contributed by atoms with Gasteiger partial charge in [0, 0.05) is 5.75 Å². The van der Waals surface area contributed by atoms with Crippen LogP contribution >= 0.6 is 11.8 Å². The minimum absolute atomic E-state index is 0.475. The fourth-order valence-corrected chi connectivity index (χ4v) is 2.16. The first-order valence-corrected chi connectivity index (χ1v) is 6.63. The van der Waals surface area contributed by atoms with Gasteiger partial charge in [0.05, 0.1) is 12.7 Å². The highest BCUT2D eigenvalue weighted by molar-refractivity contribution is 7.99. The van der Waals surface area contributed by atoms with E-state index in [1.54, 1.807) is 7.11 Å². The van der Waals surface area contributed by atoms with E-state index in [0.29, 0.717) is 17.7 Å². The van der Waals surface area contributed by atoms with Crippen molar-refractivity contribution < 1.29 is 9.15 Å². The van der Waals surface area contributed by atoms with Crippen LogP contribution < -0.4 is 10.5 Å². The number of thioether (sulfide) groups is 1. The number of rotatable bonds is 6. The summed E-state index contributed by atoms with van der Waals surface area (Å²) in [4.78, 5) is 0. The molecule has 0 aliphatic heterocycles. The molecule has 1 aromatic heterocycles. The minimum atomic E-state index is 0.475. The molecule has 2 rings (SSSR count). The lowest BCUT2D eigenvalue weighted by Gasteiger charge is -2.03. The highest BCUT2D eigenvalue weighted by Crippen LogP contribution is 2.30. The van der Waals surface area contributed by atoms with Crippen molar-refractivity contribution >= 4 is 11.8 Å². The van der Waals surface area contributed by atoms with Crippen molar-refractivity contribution in [1.82, 2.24) is 10.2 Å². The molecule has 6 heteroatoms. The smallest absolute Gasteiger partial charge is 0.276 e. The van der Waals surface area contributed by atoms with Gasteiger partial charge in [-0.1, -0.05) is 23.9 Å². The Balaban J connectivity index is 2.13. The quantitative estimate of drug-likeness (QED) is 0.637. The Kier molecular flexibility index (Phi) is 4.60. The van der Waals surface area contributed by atoms with Crippen LogP contribution in [-0.4, -0.2) is 29.6 Å². The first-order valence-electron chi connectivity index (χ1n) is 5.65. The van der Waals surface area contributed by atoms with Gasteiger partial charge in [-0.05, 0) is 25.1 Å². The molecule has 1 aromatic carbocycles. The van der Waals surface area contributed by atoms with Crippen LogP contribution in [0.15, 0.2) is 33.9 Å². The molecule has 0 unspecified atom stereocenters. The molecular weight excluding hydrogens is 250 g/mol. The van der Waals surface area contributed by atoms with Crippen molar-refractivity contribution in [2.75, 3.05) is 19.4 Å². The van der Waals surface area contributed by atoms with Gasteiger partial charge < -0.3 is 14.9 Å². The van der Waals surface area contributed by atoms with Crippen molar-refractivity contribution in [2.45, 2.75) is 11.6 Å². The van der Waals surface area contributed by atoms with Gasteiger partial charge in [0.1, 0.15) is 5.75 Å². The van der Waals surface area contributed by atoms with Crippen molar-refractivity contribution in [3.8, 4) is 17.2 Å². The molecule has 96 valence electrons. The number of nitrogens with zero attached hydrogens (tertiary/aromatic N) is 2. The second-order valence-corrected chi connectivity index (χ2v) is 4.61. The van der Waals surface area contributed by atoms with E-state index >= 15 is 0 Å². The SMILES string of the molecule is COc1ccccc1-c1nnc(SCCCN)o1. The zero-order valence-electron chi connectivity index (χ0n) is 10.1. The van der Waals surface area contributed by atoms with Crippen molar-refractivity contribution in [2.24, 2.45) is 5.73 Å². The number of methoxy groups -OCH3 is 1. The van der Waals surface area contributed by atoms with Crippen LogP contribution in [-0.2, 0) is 0 Å². The zero-order chi connectivity index (χ0) is 12.8. The van der Waals surface area contributed by atoms with Gasteiger partial charge in [-0.3, -0.25) is 0 Å². The number of hydrogen-bond donors (Lipinski definition) is 1. The average Bonchev–Trinajstić information content (AvgIpc) is 2.88. The van der Waals surface area contributed by atoms with Gasteiger partial charge in [0.15, 0.2) is 0 Å². The summed E-state index contributed by atoms with van der Waals surface area (Å²) in [7, 11) is 1.62. The molecule has 0 bridgehead atoms.